The Morgan fingerprint density at radius 2 is 1.07 bits per heavy atom. The van der Waals surface area contributed by atoms with Crippen molar-refractivity contribution in [1.29, 1.82) is 0 Å². The van der Waals surface area contributed by atoms with Gasteiger partial charge in [-0.3, -0.25) is 28.2 Å². The summed E-state index contributed by atoms with van der Waals surface area (Å²) in [6, 6.07) is 21.2. The molecule has 0 aliphatic carbocycles. The van der Waals surface area contributed by atoms with E-state index in [0.717, 1.165) is 10.6 Å². The molecule has 6 heterocycles. The lowest BCUT2D eigenvalue weighted by molar-refractivity contribution is -0.0476. The Hall–Kier alpha value is -7.07. The molecular formula is C44H36BrClF6N8O10S2. The highest BCUT2D eigenvalue weighted by atomic mass is 79.9. The van der Waals surface area contributed by atoms with Crippen molar-refractivity contribution in [2.45, 2.75) is 21.6 Å². The van der Waals surface area contributed by atoms with E-state index >= 15 is 0 Å². The zero-order chi connectivity index (χ0) is 51.0. The number of anilines is 3. The summed E-state index contributed by atoms with van der Waals surface area (Å²) in [5.74, 6) is -6.30. The number of alkyl halides is 4. The second-order valence-corrected chi connectivity index (χ2v) is 19.7. The summed E-state index contributed by atoms with van der Waals surface area (Å²) in [6.07, 6.45) is 2.45. The number of hydrogen-bond donors (Lipinski definition) is 3. The molecule has 0 bridgehead atoms. The summed E-state index contributed by atoms with van der Waals surface area (Å²) < 4.78 is 156. The normalized spacial score (nSPS) is 14.6. The molecule has 2 aliphatic rings. The molecule has 8 aromatic rings. The second kappa shape index (κ2) is 20.6. The molecule has 0 unspecified atom stereocenters. The highest BCUT2D eigenvalue weighted by Crippen LogP contribution is 2.38. The van der Waals surface area contributed by atoms with Crippen LogP contribution in [0.1, 0.15) is 0 Å². The van der Waals surface area contributed by atoms with Gasteiger partial charge in [0.15, 0.2) is 11.6 Å². The van der Waals surface area contributed by atoms with E-state index in [4.69, 9.17) is 9.47 Å². The maximum atomic E-state index is 14.9. The molecule has 10 rings (SSSR count). The average molecular weight is 1130 g/mol. The number of hydrogen-bond acceptors (Lipinski definition) is 14. The van der Waals surface area contributed by atoms with E-state index in [-0.39, 0.29) is 85.5 Å². The minimum absolute atomic E-state index is 0. The van der Waals surface area contributed by atoms with Gasteiger partial charge >= 0.3 is 0 Å². The molecule has 0 radical (unpaired) electrons. The Kier molecular flexibility index (Phi) is 15.1. The van der Waals surface area contributed by atoms with E-state index in [2.05, 4.69) is 50.1 Å². The van der Waals surface area contributed by atoms with E-state index in [0.29, 0.717) is 16.3 Å². The van der Waals surface area contributed by atoms with Crippen LogP contribution in [0.2, 0.25) is 0 Å². The topological polar surface area (TPSA) is 222 Å². The van der Waals surface area contributed by atoms with Gasteiger partial charge in [0.05, 0.1) is 82.8 Å². The molecule has 72 heavy (non-hydrogen) atoms. The maximum Gasteiger partial charge on any atom is 0.282 e. The minimum atomic E-state index is -4.01. The van der Waals surface area contributed by atoms with E-state index in [1.807, 2.05) is 0 Å². The van der Waals surface area contributed by atoms with E-state index in [1.54, 1.807) is 0 Å². The van der Waals surface area contributed by atoms with Crippen LogP contribution in [-0.2, 0) is 20.0 Å². The van der Waals surface area contributed by atoms with Crippen molar-refractivity contribution in [2.24, 2.45) is 0 Å². The van der Waals surface area contributed by atoms with Gasteiger partial charge in [0.25, 0.3) is 43.0 Å². The zero-order valence-corrected chi connectivity index (χ0v) is 40.9. The quantitative estimate of drug-likeness (QED) is 0.106. The zero-order valence-electron chi connectivity index (χ0n) is 36.9. The van der Waals surface area contributed by atoms with Crippen LogP contribution >= 0.6 is 28.3 Å². The number of rotatable bonds is 11. The number of fused-ring (bicyclic) bond motifs is 2. The van der Waals surface area contributed by atoms with Gasteiger partial charge in [-0.15, -0.1) is 12.4 Å². The molecule has 0 amide bonds. The van der Waals surface area contributed by atoms with Crippen LogP contribution < -0.4 is 40.3 Å². The predicted octanol–water partition coefficient (Wildman–Crippen LogP) is 7.72. The number of nitrogens with one attached hydrogen (secondary N) is 3. The number of nitrogens with zero attached hydrogens (tertiary/aromatic N) is 5. The molecule has 0 atom stereocenters. The molecule has 2 aliphatic heterocycles. The summed E-state index contributed by atoms with van der Waals surface area (Å²) in [5, 5.41) is 10.3. The van der Waals surface area contributed by atoms with Gasteiger partial charge in [0, 0.05) is 53.2 Å². The third-order valence-corrected chi connectivity index (χ3v) is 13.9. The van der Waals surface area contributed by atoms with Crippen molar-refractivity contribution in [3.05, 3.63) is 146 Å². The van der Waals surface area contributed by atoms with Crippen molar-refractivity contribution in [3.63, 3.8) is 0 Å². The summed E-state index contributed by atoms with van der Waals surface area (Å²) in [5.41, 5.74) is -0.162. The third-order valence-electron chi connectivity index (χ3n) is 10.6. The Bertz CT molecular complexity index is 3650. The van der Waals surface area contributed by atoms with E-state index < -0.39 is 67.7 Å². The van der Waals surface area contributed by atoms with Crippen LogP contribution in [0.4, 0.5) is 43.7 Å². The molecule has 2 saturated heterocycles. The van der Waals surface area contributed by atoms with Gasteiger partial charge in [-0.2, -0.15) is 0 Å². The number of aromatic nitrogens is 4. The first kappa shape index (κ1) is 52.7. The highest BCUT2D eigenvalue weighted by molar-refractivity contribution is 9.10. The maximum absolute atomic E-state index is 14.9. The van der Waals surface area contributed by atoms with Crippen molar-refractivity contribution in [1.82, 2.24) is 24.8 Å². The van der Waals surface area contributed by atoms with Crippen molar-refractivity contribution >= 4 is 87.5 Å². The standard InChI is InChI=1S/C22H17F3N4O5S.C19H13BrFN3O5S.C3H5F2N.ClH/c1-33-19-10-17(28-11-22(24,25)12-28)15(23)9-18(19)29-16-4-3-14(8-13(16)2-5-21(29)30)35(31,32)27-20-6-7-34-26-20;1-28-17-9-13(20)14(21)10-16(17)24-15-4-3-12(8-11(15)2-5-19(24)25)30(26,27)23-18-6-7-29-22-18;4-3(5)1-6-2-3;/h2-10H,11-12H2,1H3,(H,26,27);2-10H,1H3,(H,22,23);6H,1-2H2;1H. The molecule has 28 heteroatoms. The lowest BCUT2D eigenvalue weighted by Crippen LogP contribution is -2.56. The fourth-order valence-electron chi connectivity index (χ4n) is 7.17. The molecule has 18 nitrogen and oxygen atoms in total. The number of benzene rings is 4. The Morgan fingerprint density at radius 3 is 1.46 bits per heavy atom. The molecule has 0 spiro atoms. The first-order valence-corrected chi connectivity index (χ1v) is 24.2. The molecule has 380 valence electrons. The van der Waals surface area contributed by atoms with Gasteiger partial charge in [0.2, 0.25) is 0 Å². The van der Waals surface area contributed by atoms with Crippen LogP contribution in [0.25, 0.3) is 33.2 Å². The second-order valence-electron chi connectivity index (χ2n) is 15.5. The van der Waals surface area contributed by atoms with Crippen LogP contribution in [0.5, 0.6) is 11.5 Å². The van der Waals surface area contributed by atoms with Gasteiger partial charge in [-0.1, -0.05) is 10.3 Å². The smallest absolute Gasteiger partial charge is 0.282 e. The molecule has 4 aromatic heterocycles. The predicted molar refractivity (Wildman–Crippen MR) is 257 cm³/mol. The van der Waals surface area contributed by atoms with Crippen LogP contribution in [0, 0.1) is 11.6 Å². The summed E-state index contributed by atoms with van der Waals surface area (Å²) in [4.78, 5) is 26.4. The fraction of sp³-hybridized carbons (Fsp3) is 0.182. The van der Waals surface area contributed by atoms with E-state index in [9.17, 15) is 52.8 Å². The van der Waals surface area contributed by atoms with Gasteiger partial charge in [-0.25, -0.2) is 43.2 Å². The van der Waals surface area contributed by atoms with Crippen LogP contribution in [-0.4, -0.2) is 88.5 Å². The van der Waals surface area contributed by atoms with Gasteiger partial charge in [-0.05, 0) is 70.5 Å². The Balaban J connectivity index is 0.000000188. The SMILES string of the molecule is COc1cc(Br)c(F)cc1-n1c(=O)ccc2cc(S(=O)(=O)Nc3ccon3)ccc21.COc1cc(N2CC(F)(F)C2)c(F)cc1-n1c(=O)ccc2cc(S(=O)(=O)Nc3ccon3)ccc21.Cl.FC1(F)CNC1. The van der Waals surface area contributed by atoms with Gasteiger partial charge < -0.3 is 28.7 Å². The van der Waals surface area contributed by atoms with Gasteiger partial charge in [0.1, 0.15) is 35.7 Å². The van der Waals surface area contributed by atoms with Crippen molar-refractivity contribution in [3.8, 4) is 22.9 Å². The lowest BCUT2D eigenvalue weighted by atomic mass is 10.1. The minimum Gasteiger partial charge on any atom is -0.495 e. The first-order valence-electron chi connectivity index (χ1n) is 20.4. The Morgan fingerprint density at radius 1 is 0.625 bits per heavy atom. The average Bonchev–Trinajstić information content (AvgIpc) is 4.03. The first-order chi connectivity index (χ1) is 33.6. The molecule has 4 aromatic carbocycles. The van der Waals surface area contributed by atoms with Crippen LogP contribution in [0.3, 0.4) is 0 Å². The molecule has 3 N–H and O–H groups in total. The monoisotopic (exact) mass is 1130 g/mol. The number of pyridine rings is 2. The van der Waals surface area contributed by atoms with Crippen molar-refractivity contribution < 1.29 is 61.7 Å². The number of ether oxygens (including phenoxy) is 2. The number of halogens is 8. The summed E-state index contributed by atoms with van der Waals surface area (Å²) in [6.45, 7) is -1.51. The van der Waals surface area contributed by atoms with Crippen molar-refractivity contribution in [2.75, 3.05) is 54.7 Å². The molecule has 2 fully saturated rings. The molecule has 0 saturated carbocycles. The third kappa shape index (κ3) is 11.2. The Labute approximate surface area is 417 Å². The van der Waals surface area contributed by atoms with E-state index in [1.165, 1.54) is 127 Å². The number of methoxy groups -OCH3 is 2. The fourth-order valence-corrected chi connectivity index (χ4v) is 9.55. The summed E-state index contributed by atoms with van der Waals surface area (Å²) >= 11 is 3.09. The van der Waals surface area contributed by atoms with Crippen LogP contribution in [0.15, 0.2) is 142 Å². The highest BCUT2D eigenvalue weighted by Gasteiger charge is 2.45. The largest absolute Gasteiger partial charge is 0.495 e. The molecular weight excluding hydrogens is 1090 g/mol. The summed E-state index contributed by atoms with van der Waals surface area (Å²) in [7, 11) is -5.24. The number of sulfonamides is 2. The lowest BCUT2D eigenvalue weighted by Gasteiger charge is -2.40.